The number of hydrogen-bond acceptors (Lipinski definition) is 7. The number of anilines is 1. The molecule has 44 heavy (non-hydrogen) atoms. The maximum absolute atomic E-state index is 14.7. The molecule has 230 valence electrons. The van der Waals surface area contributed by atoms with Crippen LogP contribution in [-0.2, 0) is 28.7 Å². The second-order valence-electron chi connectivity index (χ2n) is 11.5. The van der Waals surface area contributed by atoms with Crippen LogP contribution in [0.5, 0.6) is 0 Å². The topological polar surface area (TPSA) is 125 Å². The van der Waals surface area contributed by atoms with E-state index in [1.165, 1.54) is 4.90 Å². The van der Waals surface area contributed by atoms with E-state index in [0.717, 1.165) is 0 Å². The van der Waals surface area contributed by atoms with Crippen LogP contribution in [0.3, 0.4) is 0 Å². The molecule has 2 aromatic rings. The number of benzene rings is 2. The van der Waals surface area contributed by atoms with Crippen LogP contribution < -0.4 is 10.2 Å². The lowest BCUT2D eigenvalue weighted by atomic mass is 9.78. The van der Waals surface area contributed by atoms with Crippen LogP contribution in [0.1, 0.15) is 31.4 Å². The number of cyclic esters (lactones) is 1. The van der Waals surface area contributed by atoms with E-state index in [1.807, 2.05) is 6.07 Å². The molecule has 0 radical (unpaired) electrons. The number of rotatable bonds is 4. The van der Waals surface area contributed by atoms with Crippen LogP contribution in [-0.4, -0.2) is 77.2 Å². The third kappa shape index (κ3) is 5.21. The van der Waals surface area contributed by atoms with Gasteiger partial charge in [0.05, 0.1) is 31.2 Å². The van der Waals surface area contributed by atoms with E-state index in [-0.39, 0.29) is 25.4 Å². The number of allylic oxidation sites excluding steroid dienone is 1. The van der Waals surface area contributed by atoms with Gasteiger partial charge in [-0.25, -0.2) is 0 Å². The molecule has 0 aromatic heterocycles. The number of hydrogen-bond donors (Lipinski definition) is 2. The zero-order valence-electron chi connectivity index (χ0n) is 24.2. The number of carbonyl (C=O) groups excluding carboxylic acids is 4. The van der Waals surface area contributed by atoms with Crippen molar-refractivity contribution in [1.82, 2.24) is 10.2 Å². The van der Waals surface area contributed by atoms with E-state index in [0.29, 0.717) is 22.7 Å². The van der Waals surface area contributed by atoms with Gasteiger partial charge in [-0.1, -0.05) is 66.2 Å². The summed E-state index contributed by atoms with van der Waals surface area (Å²) in [6.07, 6.45) is 6.05. The number of aliphatic hydroxyl groups excluding tert-OH is 1. The standard InChI is InChI=1S/C33H34ClN3O7/c1-20-18-35-26(39)11-6-5-10-25-27(32(42)43-20)28-30(40)37(24(19-38)21-8-3-2-4-9-21)29-31(41)36(17-7-16-33(28,29)44-25)23-14-12-22(34)13-15-23/h2-5,7-10,12-16,20,24-25,27-29,38H,6,11,17-19H2,1H3,(H,35,39)/b10-5-/t20-,24-,25-,27+,28+,29-,33+/m1/s1. The minimum Gasteiger partial charge on any atom is -0.460 e. The maximum Gasteiger partial charge on any atom is 0.313 e. The monoisotopic (exact) mass is 619 g/mol. The van der Waals surface area contributed by atoms with Crippen molar-refractivity contribution in [2.45, 2.75) is 49.7 Å². The van der Waals surface area contributed by atoms with Crippen LogP contribution >= 0.6 is 11.6 Å². The Balaban J connectivity index is 1.49. The minimum absolute atomic E-state index is 0.125. The summed E-state index contributed by atoms with van der Waals surface area (Å²) in [6.45, 7) is 1.52. The highest BCUT2D eigenvalue weighted by atomic mass is 35.5. The number of aliphatic hydroxyl groups is 1. The molecule has 4 heterocycles. The number of halogens is 1. The molecule has 1 spiro atoms. The Morgan fingerprint density at radius 2 is 1.80 bits per heavy atom. The highest BCUT2D eigenvalue weighted by Crippen LogP contribution is 2.55. The third-order valence-corrected chi connectivity index (χ3v) is 9.06. The van der Waals surface area contributed by atoms with Crippen molar-refractivity contribution in [1.29, 1.82) is 0 Å². The van der Waals surface area contributed by atoms with Crippen molar-refractivity contribution >= 4 is 41.0 Å². The van der Waals surface area contributed by atoms with Gasteiger partial charge in [-0.05, 0) is 43.2 Å². The Labute approximate surface area is 260 Å². The number of carbonyl (C=O) groups is 4. The fourth-order valence-electron chi connectivity index (χ4n) is 6.82. The minimum atomic E-state index is -1.53. The highest BCUT2D eigenvalue weighted by Gasteiger charge is 2.72. The van der Waals surface area contributed by atoms with Crippen molar-refractivity contribution in [3.05, 3.63) is 89.5 Å². The Morgan fingerprint density at radius 3 is 2.52 bits per heavy atom. The van der Waals surface area contributed by atoms with E-state index < -0.39 is 66.1 Å². The second-order valence-corrected chi connectivity index (χ2v) is 12.0. The summed E-state index contributed by atoms with van der Waals surface area (Å²) in [5.74, 6) is -3.90. The predicted molar refractivity (Wildman–Crippen MR) is 161 cm³/mol. The normalized spacial score (nSPS) is 31.9. The Hall–Kier alpha value is -3.99. The fourth-order valence-corrected chi connectivity index (χ4v) is 6.95. The Kier molecular flexibility index (Phi) is 8.32. The first-order valence-electron chi connectivity index (χ1n) is 14.8. The molecule has 2 saturated heterocycles. The zero-order chi connectivity index (χ0) is 31.0. The largest absolute Gasteiger partial charge is 0.460 e. The second kappa shape index (κ2) is 12.2. The fraction of sp³-hybridized carbons (Fsp3) is 0.394. The van der Waals surface area contributed by atoms with Gasteiger partial charge in [0.2, 0.25) is 11.8 Å². The zero-order valence-corrected chi connectivity index (χ0v) is 24.9. The van der Waals surface area contributed by atoms with Crippen LogP contribution in [0.15, 0.2) is 78.9 Å². The smallest absolute Gasteiger partial charge is 0.313 e. The quantitative estimate of drug-likeness (QED) is 0.398. The van der Waals surface area contributed by atoms with Gasteiger partial charge in [-0.2, -0.15) is 0 Å². The molecule has 0 unspecified atom stereocenters. The van der Waals surface area contributed by atoms with E-state index in [2.05, 4.69) is 5.32 Å². The first-order valence-corrected chi connectivity index (χ1v) is 15.2. The molecule has 10 nitrogen and oxygen atoms in total. The van der Waals surface area contributed by atoms with E-state index in [4.69, 9.17) is 21.1 Å². The van der Waals surface area contributed by atoms with Gasteiger partial charge in [-0.15, -0.1) is 0 Å². The molecular weight excluding hydrogens is 586 g/mol. The first-order chi connectivity index (χ1) is 21.2. The SMILES string of the molecule is C[C@@H]1CNC(=O)CC/C=C\[C@H]2O[C@]34C=CCN(c5ccc(Cl)cc5)C(=O)[C@H]3N([C@H](CO)c3ccccc3)C(=O)[C@@H]4[C@H]2C(=O)O1. The molecule has 2 N–H and O–H groups in total. The lowest BCUT2D eigenvalue weighted by Crippen LogP contribution is -2.56. The number of nitrogens with one attached hydrogen (secondary N) is 1. The Morgan fingerprint density at radius 1 is 1.05 bits per heavy atom. The van der Waals surface area contributed by atoms with Gasteiger partial charge in [0, 0.05) is 23.7 Å². The van der Waals surface area contributed by atoms with Crippen molar-refractivity contribution in [3.8, 4) is 0 Å². The van der Waals surface area contributed by atoms with E-state index in [9.17, 15) is 24.3 Å². The summed E-state index contributed by atoms with van der Waals surface area (Å²) in [4.78, 5) is 58.4. The molecular formula is C33H34ClN3O7. The predicted octanol–water partition coefficient (Wildman–Crippen LogP) is 2.96. The van der Waals surface area contributed by atoms with Crippen molar-refractivity contribution < 1.29 is 33.8 Å². The number of nitrogens with zero attached hydrogens (tertiary/aromatic N) is 2. The number of esters is 1. The van der Waals surface area contributed by atoms with Crippen LogP contribution in [0.25, 0.3) is 0 Å². The van der Waals surface area contributed by atoms with Gasteiger partial charge in [-0.3, -0.25) is 19.2 Å². The van der Waals surface area contributed by atoms with Crippen LogP contribution in [0, 0.1) is 11.8 Å². The maximum atomic E-state index is 14.7. The van der Waals surface area contributed by atoms with Crippen LogP contribution in [0.4, 0.5) is 5.69 Å². The first kappa shape index (κ1) is 30.1. The molecule has 2 fully saturated rings. The number of fused-ring (bicyclic) bond motifs is 2. The number of ether oxygens (including phenoxy) is 2. The number of likely N-dealkylation sites (tertiary alicyclic amines) is 1. The average Bonchev–Trinajstić information content (AvgIpc) is 3.40. The molecule has 3 amide bonds. The van der Waals surface area contributed by atoms with Gasteiger partial charge in [0.1, 0.15) is 23.7 Å². The van der Waals surface area contributed by atoms with Crippen molar-refractivity contribution in [2.75, 3.05) is 24.6 Å². The summed E-state index contributed by atoms with van der Waals surface area (Å²) >= 11 is 6.13. The van der Waals surface area contributed by atoms with Gasteiger partial charge in [0.25, 0.3) is 5.91 Å². The molecule has 0 bridgehead atoms. The van der Waals surface area contributed by atoms with Gasteiger partial charge >= 0.3 is 5.97 Å². The van der Waals surface area contributed by atoms with E-state index in [1.54, 1.807) is 84.7 Å². The summed E-state index contributed by atoms with van der Waals surface area (Å²) in [5, 5.41) is 14.0. The molecule has 0 aliphatic carbocycles. The molecule has 4 aliphatic rings. The van der Waals surface area contributed by atoms with Crippen molar-refractivity contribution in [2.24, 2.45) is 11.8 Å². The van der Waals surface area contributed by atoms with E-state index >= 15 is 0 Å². The molecule has 6 rings (SSSR count). The number of amides is 3. The average molecular weight is 620 g/mol. The lowest BCUT2D eigenvalue weighted by Gasteiger charge is -2.38. The summed E-state index contributed by atoms with van der Waals surface area (Å²) < 4.78 is 12.5. The summed E-state index contributed by atoms with van der Waals surface area (Å²) in [6, 6.07) is 13.7. The van der Waals surface area contributed by atoms with Gasteiger partial charge < -0.3 is 29.7 Å². The van der Waals surface area contributed by atoms with Crippen molar-refractivity contribution in [3.63, 3.8) is 0 Å². The molecule has 2 aromatic carbocycles. The summed E-state index contributed by atoms with van der Waals surface area (Å²) in [5.41, 5.74) is -0.320. The van der Waals surface area contributed by atoms with Crippen LogP contribution in [0.2, 0.25) is 5.02 Å². The summed E-state index contributed by atoms with van der Waals surface area (Å²) in [7, 11) is 0. The molecule has 0 saturated carbocycles. The molecule has 4 aliphatic heterocycles. The lowest BCUT2D eigenvalue weighted by molar-refractivity contribution is -0.159. The Bertz CT molecular complexity index is 1500. The van der Waals surface area contributed by atoms with Gasteiger partial charge in [0.15, 0.2) is 0 Å². The third-order valence-electron chi connectivity index (χ3n) is 8.80. The molecule has 7 atom stereocenters. The molecule has 11 heteroatoms. The highest BCUT2D eigenvalue weighted by molar-refractivity contribution is 6.30.